The molecule has 0 spiro atoms. The zero-order valence-electron chi connectivity index (χ0n) is 10.7. The fraction of sp³-hybridized carbons (Fsp3) is 0. The average molecular weight is 344 g/mol. The van der Waals surface area contributed by atoms with Crippen molar-refractivity contribution in [2.75, 3.05) is 10.7 Å². The molecule has 4 N–H and O–H groups in total. The van der Waals surface area contributed by atoms with E-state index in [0.717, 1.165) is 10.2 Å². The first kappa shape index (κ1) is 13.4. The van der Waals surface area contributed by atoms with Crippen molar-refractivity contribution in [2.45, 2.75) is 0 Å². The minimum atomic E-state index is 0.507. The summed E-state index contributed by atoms with van der Waals surface area (Å²) in [5.74, 6) is 6.48. The van der Waals surface area contributed by atoms with Crippen LogP contribution in [0.25, 0.3) is 5.65 Å². The zero-order valence-corrected chi connectivity index (χ0v) is 12.3. The van der Waals surface area contributed by atoms with Crippen LogP contribution in [0.3, 0.4) is 0 Å². The summed E-state index contributed by atoms with van der Waals surface area (Å²) in [7, 11) is 0. The molecule has 0 radical (unpaired) electrons. The van der Waals surface area contributed by atoms with Crippen molar-refractivity contribution >= 4 is 38.9 Å². The number of hydrogen-bond acceptors (Lipinski definition) is 6. The number of fused-ring (bicyclic) bond motifs is 1. The van der Waals surface area contributed by atoms with Crippen LogP contribution in [0.2, 0.25) is 0 Å². The summed E-state index contributed by atoms with van der Waals surface area (Å²) in [5.41, 5.74) is 4.54. The van der Waals surface area contributed by atoms with Crippen molar-refractivity contribution < 1.29 is 0 Å². The monoisotopic (exact) mass is 343 g/mol. The van der Waals surface area contributed by atoms with Crippen LogP contribution < -0.4 is 16.6 Å². The van der Waals surface area contributed by atoms with Gasteiger partial charge in [0, 0.05) is 16.9 Å². The van der Waals surface area contributed by atoms with E-state index in [1.54, 1.807) is 36.8 Å². The fourth-order valence-corrected chi connectivity index (χ4v) is 2.38. The van der Waals surface area contributed by atoms with Gasteiger partial charge in [-0.1, -0.05) is 0 Å². The van der Waals surface area contributed by atoms with Crippen LogP contribution in [0.15, 0.2) is 41.3 Å². The van der Waals surface area contributed by atoms with E-state index in [2.05, 4.69) is 42.7 Å². The third kappa shape index (κ3) is 2.52. The summed E-state index contributed by atoms with van der Waals surface area (Å²) in [6, 6.07) is 7.34. The van der Waals surface area contributed by atoms with Gasteiger partial charge in [0.25, 0.3) is 0 Å². The van der Waals surface area contributed by atoms with Crippen molar-refractivity contribution in [2.24, 2.45) is 5.84 Å². The van der Waals surface area contributed by atoms with Crippen LogP contribution in [0.5, 0.6) is 0 Å². The first-order chi connectivity index (χ1) is 10.2. The van der Waals surface area contributed by atoms with Crippen molar-refractivity contribution in [3.8, 4) is 6.07 Å². The number of aromatic nitrogens is 3. The maximum absolute atomic E-state index is 8.89. The molecule has 0 aliphatic rings. The number of rotatable bonds is 3. The molecule has 0 saturated carbocycles. The van der Waals surface area contributed by atoms with Gasteiger partial charge in [-0.15, -0.1) is 0 Å². The Labute approximate surface area is 128 Å². The van der Waals surface area contributed by atoms with E-state index in [-0.39, 0.29) is 0 Å². The van der Waals surface area contributed by atoms with Crippen molar-refractivity contribution in [1.29, 1.82) is 5.26 Å². The number of hydrazine groups is 1. The molecule has 1 aromatic carbocycles. The minimum Gasteiger partial charge on any atom is -0.336 e. The maximum atomic E-state index is 8.89. The highest BCUT2D eigenvalue weighted by atomic mass is 79.9. The predicted octanol–water partition coefficient (Wildman–Crippen LogP) is 2.39. The Morgan fingerprint density at radius 2 is 2.24 bits per heavy atom. The Kier molecular flexibility index (Phi) is 3.43. The van der Waals surface area contributed by atoms with Gasteiger partial charge in [0.05, 0.1) is 23.5 Å². The van der Waals surface area contributed by atoms with Gasteiger partial charge < -0.3 is 15.1 Å². The van der Waals surface area contributed by atoms with E-state index < -0.39 is 0 Å². The summed E-state index contributed by atoms with van der Waals surface area (Å²) < 4.78 is 2.57. The quantitative estimate of drug-likeness (QED) is 0.498. The zero-order chi connectivity index (χ0) is 14.8. The van der Waals surface area contributed by atoms with Crippen LogP contribution in [-0.4, -0.2) is 14.4 Å². The Morgan fingerprint density at radius 3 is 2.95 bits per heavy atom. The molecule has 0 unspecified atom stereocenters. The molecule has 7 nitrogen and oxygen atoms in total. The number of imidazole rings is 1. The standard InChI is InChI=1S/C13H10BrN7/c14-9-5-8(6-15)1-2-10(9)18-12-13-17-3-4-21(13)7-11(19-12)20-16/h1-5,7,20H,16H2,(H,18,19). The molecule has 0 saturated heterocycles. The number of benzene rings is 1. The molecule has 0 bridgehead atoms. The fourth-order valence-electron chi connectivity index (χ4n) is 1.90. The number of nitrogen functional groups attached to an aromatic ring is 1. The van der Waals surface area contributed by atoms with Gasteiger partial charge in [-0.05, 0) is 34.1 Å². The highest BCUT2D eigenvalue weighted by Gasteiger charge is 2.09. The second-order valence-electron chi connectivity index (χ2n) is 4.21. The molecule has 0 aliphatic heterocycles. The molecule has 3 aromatic rings. The summed E-state index contributed by atoms with van der Waals surface area (Å²) in [6.07, 6.45) is 5.22. The maximum Gasteiger partial charge on any atom is 0.180 e. The minimum absolute atomic E-state index is 0.507. The number of nitriles is 1. The van der Waals surface area contributed by atoms with E-state index in [4.69, 9.17) is 11.1 Å². The lowest BCUT2D eigenvalue weighted by atomic mass is 10.2. The molecule has 3 rings (SSSR count). The number of nitrogens with zero attached hydrogens (tertiary/aromatic N) is 4. The SMILES string of the molecule is N#Cc1ccc(Nc2nc(NN)cn3ccnc23)c(Br)c1. The Balaban J connectivity index is 2.05. The lowest BCUT2D eigenvalue weighted by Crippen LogP contribution is -2.11. The number of halogens is 1. The number of nitrogens with one attached hydrogen (secondary N) is 2. The first-order valence-corrected chi connectivity index (χ1v) is 6.77. The molecule has 21 heavy (non-hydrogen) atoms. The van der Waals surface area contributed by atoms with E-state index >= 15 is 0 Å². The lowest BCUT2D eigenvalue weighted by molar-refractivity contribution is 1.11. The summed E-state index contributed by atoms with van der Waals surface area (Å²) in [5, 5.41) is 12.1. The summed E-state index contributed by atoms with van der Waals surface area (Å²) in [4.78, 5) is 8.61. The van der Waals surface area contributed by atoms with Crippen molar-refractivity contribution in [3.63, 3.8) is 0 Å². The second kappa shape index (κ2) is 5.40. The van der Waals surface area contributed by atoms with Crippen LogP contribution in [0.1, 0.15) is 5.56 Å². The molecule has 2 heterocycles. The molecular formula is C13H10BrN7. The predicted molar refractivity (Wildman–Crippen MR) is 82.9 cm³/mol. The summed E-state index contributed by atoms with van der Waals surface area (Å²) in [6.45, 7) is 0. The Bertz CT molecular complexity index is 849. The van der Waals surface area contributed by atoms with Gasteiger partial charge in [-0.25, -0.2) is 15.8 Å². The van der Waals surface area contributed by atoms with E-state index in [1.165, 1.54) is 0 Å². The van der Waals surface area contributed by atoms with Crippen LogP contribution in [-0.2, 0) is 0 Å². The van der Waals surface area contributed by atoms with E-state index in [0.29, 0.717) is 22.8 Å². The number of hydrogen-bond donors (Lipinski definition) is 3. The molecule has 0 aliphatic carbocycles. The largest absolute Gasteiger partial charge is 0.336 e. The highest BCUT2D eigenvalue weighted by molar-refractivity contribution is 9.10. The molecule has 0 amide bonds. The van der Waals surface area contributed by atoms with Gasteiger partial charge in [0.1, 0.15) is 0 Å². The highest BCUT2D eigenvalue weighted by Crippen LogP contribution is 2.28. The van der Waals surface area contributed by atoms with Gasteiger partial charge in [0.15, 0.2) is 17.3 Å². The van der Waals surface area contributed by atoms with Crippen LogP contribution in [0, 0.1) is 11.3 Å². The van der Waals surface area contributed by atoms with Gasteiger partial charge in [0.2, 0.25) is 0 Å². The molecule has 8 heteroatoms. The molecule has 0 fully saturated rings. The number of nitrogens with two attached hydrogens (primary N) is 1. The van der Waals surface area contributed by atoms with Gasteiger partial charge >= 0.3 is 0 Å². The van der Waals surface area contributed by atoms with Gasteiger partial charge in [-0.2, -0.15) is 5.26 Å². The lowest BCUT2D eigenvalue weighted by Gasteiger charge is -2.10. The van der Waals surface area contributed by atoms with Crippen LogP contribution >= 0.6 is 15.9 Å². The molecule has 2 aromatic heterocycles. The van der Waals surface area contributed by atoms with E-state index in [1.807, 2.05) is 4.40 Å². The Morgan fingerprint density at radius 1 is 1.38 bits per heavy atom. The van der Waals surface area contributed by atoms with Gasteiger partial charge in [-0.3, -0.25) is 0 Å². The van der Waals surface area contributed by atoms with Crippen LogP contribution in [0.4, 0.5) is 17.3 Å². The van der Waals surface area contributed by atoms with Crippen molar-refractivity contribution in [1.82, 2.24) is 14.4 Å². The third-order valence-electron chi connectivity index (χ3n) is 2.87. The van der Waals surface area contributed by atoms with Crippen molar-refractivity contribution in [3.05, 3.63) is 46.8 Å². The normalized spacial score (nSPS) is 10.3. The topological polar surface area (TPSA) is 104 Å². The van der Waals surface area contributed by atoms with E-state index in [9.17, 15) is 0 Å². The first-order valence-electron chi connectivity index (χ1n) is 5.98. The molecule has 104 valence electrons. The third-order valence-corrected chi connectivity index (χ3v) is 3.53. The molecular weight excluding hydrogens is 334 g/mol. The second-order valence-corrected chi connectivity index (χ2v) is 5.06. The average Bonchev–Trinajstić information content (AvgIpc) is 2.97. The Hall–Kier alpha value is -2.63. The summed E-state index contributed by atoms with van der Waals surface area (Å²) >= 11 is 3.43. The smallest absolute Gasteiger partial charge is 0.180 e. The number of anilines is 3. The molecule has 0 atom stereocenters.